The van der Waals surface area contributed by atoms with Gasteiger partial charge < -0.3 is 19.2 Å². The van der Waals surface area contributed by atoms with Gasteiger partial charge in [0.15, 0.2) is 0 Å². The van der Waals surface area contributed by atoms with Crippen LogP contribution in [0.1, 0.15) is 40.5 Å². The number of rotatable bonds is 9. The normalized spacial score (nSPS) is 12.9. The number of carbonyl (C=O) groups is 1. The first-order valence-corrected chi connectivity index (χ1v) is 12.6. The number of hydrogen-bond acceptors (Lipinski definition) is 3. The van der Waals surface area contributed by atoms with Crippen molar-refractivity contribution in [3.63, 3.8) is 0 Å². The summed E-state index contributed by atoms with van der Waals surface area (Å²) < 4.78 is 7.40. The third-order valence-corrected chi connectivity index (χ3v) is 7.09. The molecule has 5 rings (SSSR count). The number of hydrogen-bond donors (Lipinski definition) is 1. The van der Waals surface area contributed by atoms with Gasteiger partial charge in [0, 0.05) is 44.6 Å². The molecule has 0 aliphatic heterocycles. The van der Waals surface area contributed by atoms with Crippen molar-refractivity contribution in [2.45, 2.75) is 18.9 Å². The molecule has 6 nitrogen and oxygen atoms in total. The Morgan fingerprint density at radius 3 is 2.51 bits per heavy atom. The zero-order chi connectivity index (χ0) is 25.8. The predicted molar refractivity (Wildman–Crippen MR) is 148 cm³/mol. The molecule has 0 spiro atoms. The minimum Gasteiger partial charge on any atom is -0.383 e. The molecule has 0 saturated carbocycles. The van der Waals surface area contributed by atoms with Gasteiger partial charge in [-0.3, -0.25) is 4.79 Å². The standard InChI is InChI=1S/C31H32N4O2/c1-22(23-10-5-4-6-11-23)30(29-18-32-21-33-29)35-19-27(28(20-35)31(36)34(2)16-17-37-3)26-15-9-13-24-12-7-8-14-25(24)26/h4-15,18-22,30H,16-17H2,1-3H3,(H,32,33)/t22-,30?/m0/s1. The molecule has 188 valence electrons. The molecule has 2 atom stereocenters. The van der Waals surface area contributed by atoms with Crippen molar-refractivity contribution in [2.75, 3.05) is 27.3 Å². The summed E-state index contributed by atoms with van der Waals surface area (Å²) in [6.45, 7) is 3.21. The monoisotopic (exact) mass is 492 g/mol. The zero-order valence-electron chi connectivity index (χ0n) is 21.5. The summed E-state index contributed by atoms with van der Waals surface area (Å²) in [5, 5.41) is 2.26. The number of ether oxygens (including phenoxy) is 1. The molecule has 2 heterocycles. The number of fused-ring (bicyclic) bond motifs is 1. The molecule has 0 radical (unpaired) electrons. The van der Waals surface area contributed by atoms with E-state index in [2.05, 4.69) is 82.3 Å². The lowest BCUT2D eigenvalue weighted by atomic mass is 9.91. The first-order chi connectivity index (χ1) is 18.1. The zero-order valence-corrected chi connectivity index (χ0v) is 21.5. The van der Waals surface area contributed by atoms with E-state index >= 15 is 0 Å². The van der Waals surface area contributed by atoms with E-state index in [1.54, 1.807) is 18.3 Å². The summed E-state index contributed by atoms with van der Waals surface area (Å²) in [4.78, 5) is 23.1. The lowest BCUT2D eigenvalue weighted by Gasteiger charge is -2.25. The molecular formula is C31H32N4O2. The van der Waals surface area contributed by atoms with E-state index in [-0.39, 0.29) is 17.9 Å². The summed E-state index contributed by atoms with van der Waals surface area (Å²) in [5.41, 5.74) is 4.82. The van der Waals surface area contributed by atoms with Crippen molar-refractivity contribution in [1.82, 2.24) is 19.4 Å². The number of aromatic nitrogens is 3. The number of amides is 1. The maximum Gasteiger partial charge on any atom is 0.255 e. The smallest absolute Gasteiger partial charge is 0.255 e. The van der Waals surface area contributed by atoms with Crippen LogP contribution in [-0.4, -0.2) is 52.7 Å². The third kappa shape index (κ3) is 4.93. The number of nitrogens with one attached hydrogen (secondary N) is 1. The van der Waals surface area contributed by atoms with Gasteiger partial charge in [0.1, 0.15) is 0 Å². The molecule has 0 aliphatic rings. The number of aromatic amines is 1. The largest absolute Gasteiger partial charge is 0.383 e. The highest BCUT2D eigenvalue weighted by Gasteiger charge is 2.28. The Bertz CT molecular complexity index is 1470. The highest BCUT2D eigenvalue weighted by molar-refractivity contribution is 6.06. The average molecular weight is 493 g/mol. The summed E-state index contributed by atoms with van der Waals surface area (Å²) in [7, 11) is 3.47. The lowest BCUT2D eigenvalue weighted by molar-refractivity contribution is 0.0745. The van der Waals surface area contributed by atoms with Gasteiger partial charge in [0.2, 0.25) is 0 Å². The average Bonchev–Trinajstić information content (AvgIpc) is 3.63. The number of imidazole rings is 1. The summed E-state index contributed by atoms with van der Waals surface area (Å²) in [5.74, 6) is 0.0954. The maximum atomic E-state index is 13.8. The Balaban J connectivity index is 1.68. The van der Waals surface area contributed by atoms with Crippen LogP contribution in [0.4, 0.5) is 0 Å². The summed E-state index contributed by atoms with van der Waals surface area (Å²) in [6, 6.07) is 24.9. The van der Waals surface area contributed by atoms with Gasteiger partial charge in [-0.05, 0) is 21.9 Å². The quantitative estimate of drug-likeness (QED) is 0.269. The van der Waals surface area contributed by atoms with Crippen LogP contribution < -0.4 is 0 Å². The fourth-order valence-electron chi connectivity index (χ4n) is 5.07. The van der Waals surface area contributed by atoms with E-state index in [1.807, 2.05) is 37.6 Å². The van der Waals surface area contributed by atoms with Crippen LogP contribution in [0.2, 0.25) is 0 Å². The minimum absolute atomic E-state index is 0.0329. The second-order valence-electron chi connectivity index (χ2n) is 9.43. The van der Waals surface area contributed by atoms with E-state index in [0.29, 0.717) is 18.7 Å². The van der Waals surface area contributed by atoms with Crippen LogP contribution >= 0.6 is 0 Å². The maximum absolute atomic E-state index is 13.8. The molecule has 3 aromatic carbocycles. The van der Waals surface area contributed by atoms with Gasteiger partial charge >= 0.3 is 0 Å². The summed E-state index contributed by atoms with van der Waals surface area (Å²) >= 11 is 0. The van der Waals surface area contributed by atoms with Crippen molar-refractivity contribution in [3.05, 3.63) is 115 Å². The van der Waals surface area contributed by atoms with E-state index in [9.17, 15) is 4.79 Å². The Morgan fingerprint density at radius 2 is 1.76 bits per heavy atom. The van der Waals surface area contributed by atoms with Gasteiger partial charge in [-0.2, -0.15) is 0 Å². The summed E-state index contributed by atoms with van der Waals surface area (Å²) in [6.07, 6.45) is 7.69. The highest BCUT2D eigenvalue weighted by Crippen LogP contribution is 2.38. The van der Waals surface area contributed by atoms with Crippen LogP contribution in [0, 0.1) is 0 Å². The Kier molecular flexibility index (Phi) is 7.19. The van der Waals surface area contributed by atoms with Gasteiger partial charge in [0.25, 0.3) is 5.91 Å². The van der Waals surface area contributed by atoms with Crippen molar-refractivity contribution < 1.29 is 9.53 Å². The Hall–Kier alpha value is -4.16. The SMILES string of the molecule is COCCN(C)C(=O)c1cn(C(c2cnc[nH]2)[C@@H](C)c2ccccc2)cc1-c1cccc2ccccc12. The fraction of sp³-hybridized carbons (Fsp3) is 0.226. The van der Waals surface area contributed by atoms with Crippen molar-refractivity contribution >= 4 is 16.7 Å². The second-order valence-corrected chi connectivity index (χ2v) is 9.43. The van der Waals surface area contributed by atoms with Crippen LogP contribution in [-0.2, 0) is 4.74 Å². The van der Waals surface area contributed by atoms with E-state index in [4.69, 9.17) is 4.74 Å². The first kappa shape index (κ1) is 24.5. The van der Waals surface area contributed by atoms with Crippen molar-refractivity contribution in [1.29, 1.82) is 0 Å². The highest BCUT2D eigenvalue weighted by atomic mass is 16.5. The number of nitrogens with zero attached hydrogens (tertiary/aromatic N) is 3. The Labute approximate surface area is 217 Å². The molecule has 0 aliphatic carbocycles. The van der Waals surface area contributed by atoms with Crippen molar-refractivity contribution in [2.24, 2.45) is 0 Å². The third-order valence-electron chi connectivity index (χ3n) is 7.09. The number of likely N-dealkylation sites (N-methyl/N-ethyl adjacent to an activating group) is 1. The fourth-order valence-corrected chi connectivity index (χ4v) is 5.07. The molecule has 6 heteroatoms. The number of H-pyrrole nitrogens is 1. The lowest BCUT2D eigenvalue weighted by Crippen LogP contribution is -2.30. The van der Waals surface area contributed by atoms with E-state index in [0.717, 1.165) is 27.6 Å². The number of carbonyl (C=O) groups excluding carboxylic acids is 1. The van der Waals surface area contributed by atoms with Crippen molar-refractivity contribution in [3.8, 4) is 11.1 Å². The van der Waals surface area contributed by atoms with Gasteiger partial charge in [-0.25, -0.2) is 4.98 Å². The first-order valence-electron chi connectivity index (χ1n) is 12.6. The second kappa shape index (κ2) is 10.8. The molecule has 5 aromatic rings. The molecule has 1 N–H and O–H groups in total. The predicted octanol–water partition coefficient (Wildman–Crippen LogP) is 6.14. The van der Waals surface area contributed by atoms with Crippen LogP contribution in [0.15, 0.2) is 97.7 Å². The Morgan fingerprint density at radius 1 is 1.00 bits per heavy atom. The molecule has 0 saturated heterocycles. The van der Waals surface area contributed by atoms with Gasteiger partial charge in [-0.1, -0.05) is 79.7 Å². The van der Waals surface area contributed by atoms with E-state index < -0.39 is 0 Å². The van der Waals surface area contributed by atoms with Crippen LogP contribution in [0.25, 0.3) is 21.9 Å². The molecule has 1 amide bonds. The molecule has 2 aromatic heterocycles. The topological polar surface area (TPSA) is 63.1 Å². The van der Waals surface area contributed by atoms with Gasteiger partial charge in [0.05, 0.1) is 36.4 Å². The molecule has 0 fully saturated rings. The van der Waals surface area contributed by atoms with E-state index in [1.165, 1.54) is 5.56 Å². The molecule has 1 unspecified atom stereocenters. The molecular weight excluding hydrogens is 460 g/mol. The minimum atomic E-state index is -0.0792. The van der Waals surface area contributed by atoms with Crippen LogP contribution in [0.3, 0.4) is 0 Å². The van der Waals surface area contributed by atoms with Gasteiger partial charge in [-0.15, -0.1) is 0 Å². The number of methoxy groups -OCH3 is 1. The number of benzene rings is 3. The molecule has 0 bridgehead atoms. The molecule has 37 heavy (non-hydrogen) atoms. The van der Waals surface area contributed by atoms with Crippen LogP contribution in [0.5, 0.6) is 0 Å².